The van der Waals surface area contributed by atoms with E-state index >= 15 is 0 Å². The Morgan fingerprint density at radius 1 is 1.21 bits per heavy atom. The van der Waals surface area contributed by atoms with Crippen LogP contribution in [0.2, 0.25) is 0 Å². The van der Waals surface area contributed by atoms with E-state index in [1.807, 2.05) is 49.5 Å². The molecule has 7 heteroatoms. The Morgan fingerprint density at radius 2 is 2.08 bits per heavy atom. The van der Waals surface area contributed by atoms with E-state index in [2.05, 4.69) is 28.1 Å². The molecule has 7 nitrogen and oxygen atoms in total. The predicted octanol–water partition coefficient (Wildman–Crippen LogP) is 6.39. The van der Waals surface area contributed by atoms with Gasteiger partial charge in [0.2, 0.25) is 5.89 Å². The number of aromatic nitrogens is 2. The van der Waals surface area contributed by atoms with Crippen LogP contribution < -0.4 is 9.64 Å². The van der Waals surface area contributed by atoms with Gasteiger partial charge in [0.05, 0.1) is 23.3 Å². The average Bonchev–Trinajstić information content (AvgIpc) is 3.29. The molecule has 0 saturated heterocycles. The molecule has 0 amide bonds. The third-order valence-electron chi connectivity index (χ3n) is 7.07. The summed E-state index contributed by atoms with van der Waals surface area (Å²) in [6.45, 7) is 6.73. The van der Waals surface area contributed by atoms with E-state index in [9.17, 15) is 9.90 Å². The van der Waals surface area contributed by atoms with Gasteiger partial charge in [-0.05, 0) is 75.4 Å². The number of rotatable bonds is 9. The van der Waals surface area contributed by atoms with Gasteiger partial charge in [-0.3, -0.25) is 4.79 Å². The lowest BCUT2D eigenvalue weighted by Crippen LogP contribution is -2.24. The number of carboxylic acids is 1. The zero-order valence-electron chi connectivity index (χ0n) is 22.1. The van der Waals surface area contributed by atoms with Gasteiger partial charge >= 0.3 is 5.97 Å². The monoisotopic (exact) mass is 511 g/mol. The van der Waals surface area contributed by atoms with E-state index in [0.29, 0.717) is 25.3 Å². The van der Waals surface area contributed by atoms with E-state index < -0.39 is 11.4 Å². The highest BCUT2D eigenvalue weighted by Gasteiger charge is 2.30. The number of aryl methyl sites for hydroxylation is 1. The summed E-state index contributed by atoms with van der Waals surface area (Å²) in [7, 11) is 0. The number of aliphatic carboxylic acids is 1. The second-order valence-corrected chi connectivity index (χ2v) is 10.4. The van der Waals surface area contributed by atoms with E-state index in [0.717, 1.165) is 64.7 Å². The van der Waals surface area contributed by atoms with Crippen LogP contribution >= 0.6 is 0 Å². The number of carboxylic acid groups (broad SMARTS) is 1. The number of hydrogen-bond donors (Lipinski definition) is 1. The first-order chi connectivity index (χ1) is 18.3. The van der Waals surface area contributed by atoms with Crippen LogP contribution in [0.15, 0.2) is 71.4 Å². The minimum atomic E-state index is -0.822. The van der Waals surface area contributed by atoms with Crippen LogP contribution in [0.3, 0.4) is 0 Å². The number of hydrogen-bond acceptors (Lipinski definition) is 6. The van der Waals surface area contributed by atoms with Crippen molar-refractivity contribution in [3.63, 3.8) is 0 Å². The number of carbonyl (C=O) groups is 1. The van der Waals surface area contributed by atoms with Gasteiger partial charge in [-0.25, -0.2) is 9.97 Å². The Balaban J connectivity index is 1.24. The number of benzene rings is 1. The molecule has 196 valence electrons. The lowest BCUT2D eigenvalue weighted by molar-refractivity contribution is -0.146. The highest BCUT2D eigenvalue weighted by atomic mass is 16.5. The zero-order chi connectivity index (χ0) is 26.7. The first-order valence-corrected chi connectivity index (χ1v) is 13.0. The topological polar surface area (TPSA) is 88.7 Å². The minimum Gasteiger partial charge on any atom is -0.493 e. The first-order valence-electron chi connectivity index (χ1n) is 13.0. The number of nitrogens with zero attached hydrogens (tertiary/aromatic N) is 3. The maximum Gasteiger partial charge on any atom is 0.309 e. The quantitative estimate of drug-likeness (QED) is 0.356. The molecule has 1 aliphatic carbocycles. The Morgan fingerprint density at radius 3 is 2.82 bits per heavy atom. The van der Waals surface area contributed by atoms with Crippen molar-refractivity contribution in [3.05, 3.63) is 89.6 Å². The standard InChI is InChI=1S/C31H33N3O4/c1-21-26(33-29(38-21)23-13-14-28(32-20-23)34-16-5-4-6-17-34)15-18-37-27-12-8-10-24-22(9-7-11-25(24)27)19-31(2,3)30(35)36/h4-6,8-10,12-14,16,20H,7,11,15,17-19H2,1-3H3,(H,35,36). The highest BCUT2D eigenvalue weighted by molar-refractivity contribution is 5.80. The molecule has 1 aliphatic heterocycles. The smallest absolute Gasteiger partial charge is 0.309 e. The molecule has 5 rings (SSSR count). The van der Waals surface area contributed by atoms with Crippen LogP contribution in [0.25, 0.3) is 17.0 Å². The molecule has 0 spiro atoms. The van der Waals surface area contributed by atoms with E-state index in [1.54, 1.807) is 20.0 Å². The summed E-state index contributed by atoms with van der Waals surface area (Å²) >= 11 is 0. The lowest BCUT2D eigenvalue weighted by atomic mass is 9.79. The number of oxazole rings is 1. The fraction of sp³-hybridized carbons (Fsp3) is 0.323. The van der Waals surface area contributed by atoms with E-state index in [4.69, 9.17) is 14.1 Å². The van der Waals surface area contributed by atoms with Gasteiger partial charge in [0.25, 0.3) is 0 Å². The number of ether oxygens (including phenoxy) is 1. The molecule has 0 fully saturated rings. The lowest BCUT2D eigenvalue weighted by Gasteiger charge is -2.26. The molecule has 0 bridgehead atoms. The zero-order valence-corrected chi connectivity index (χ0v) is 22.1. The van der Waals surface area contributed by atoms with Gasteiger partial charge in [0.15, 0.2) is 0 Å². The summed E-state index contributed by atoms with van der Waals surface area (Å²) < 4.78 is 12.2. The average molecular weight is 512 g/mol. The maximum atomic E-state index is 11.7. The molecule has 2 aliphatic rings. The second kappa shape index (κ2) is 10.7. The Labute approximate surface area is 223 Å². The fourth-order valence-electron chi connectivity index (χ4n) is 4.84. The maximum absolute atomic E-state index is 11.7. The van der Waals surface area contributed by atoms with Crippen molar-refractivity contribution in [2.75, 3.05) is 18.1 Å². The van der Waals surface area contributed by atoms with Gasteiger partial charge in [0, 0.05) is 30.9 Å². The molecule has 0 radical (unpaired) electrons. The van der Waals surface area contributed by atoms with Gasteiger partial charge in [-0.2, -0.15) is 0 Å². The molecule has 0 unspecified atom stereocenters. The summed E-state index contributed by atoms with van der Waals surface area (Å²) in [6, 6.07) is 9.99. The molecule has 1 aromatic carbocycles. The van der Waals surface area contributed by atoms with E-state index in [1.165, 1.54) is 0 Å². The molecule has 38 heavy (non-hydrogen) atoms. The van der Waals surface area contributed by atoms with Crippen molar-refractivity contribution in [2.24, 2.45) is 5.41 Å². The van der Waals surface area contributed by atoms with Gasteiger partial charge in [0.1, 0.15) is 17.3 Å². The first kappa shape index (κ1) is 25.5. The number of allylic oxidation sites excluding steroid dienone is 4. The molecule has 1 N–H and O–H groups in total. The fourth-order valence-corrected chi connectivity index (χ4v) is 4.84. The van der Waals surface area contributed by atoms with Crippen LogP contribution in [-0.2, 0) is 17.6 Å². The molecule has 3 heterocycles. The molecular weight excluding hydrogens is 478 g/mol. The van der Waals surface area contributed by atoms with Crippen molar-refractivity contribution >= 4 is 17.4 Å². The summed E-state index contributed by atoms with van der Waals surface area (Å²) in [4.78, 5) is 23.0. The van der Waals surface area contributed by atoms with Gasteiger partial charge < -0.3 is 19.2 Å². The van der Waals surface area contributed by atoms with Gasteiger partial charge in [-0.15, -0.1) is 0 Å². The Kier molecular flexibility index (Phi) is 7.18. The SMILES string of the molecule is Cc1oc(-c2ccc(N3C=CC=CC3)nc2)nc1CCOc1cccc2c1CCC=C2CC(C)(C)C(=O)O. The second-order valence-electron chi connectivity index (χ2n) is 10.4. The van der Waals surface area contributed by atoms with Crippen molar-refractivity contribution in [3.8, 4) is 17.2 Å². The number of fused-ring (bicyclic) bond motifs is 1. The molecular formula is C31H33N3O4. The summed E-state index contributed by atoms with van der Waals surface area (Å²) in [5.74, 6) is 2.26. The van der Waals surface area contributed by atoms with Crippen LogP contribution in [0, 0.1) is 12.3 Å². The largest absolute Gasteiger partial charge is 0.493 e. The molecule has 0 atom stereocenters. The predicted molar refractivity (Wildman–Crippen MR) is 148 cm³/mol. The highest BCUT2D eigenvalue weighted by Crippen LogP contribution is 2.39. The van der Waals surface area contributed by atoms with Crippen molar-refractivity contribution < 1.29 is 19.1 Å². The molecule has 3 aromatic rings. The minimum absolute atomic E-state index is 0.467. The van der Waals surface area contributed by atoms with Crippen molar-refractivity contribution in [1.29, 1.82) is 0 Å². The van der Waals surface area contributed by atoms with Crippen LogP contribution in [0.5, 0.6) is 5.75 Å². The summed E-state index contributed by atoms with van der Waals surface area (Å²) in [6.07, 6.45) is 14.9. The van der Waals surface area contributed by atoms with Crippen LogP contribution in [0.1, 0.15) is 49.3 Å². The van der Waals surface area contributed by atoms with Crippen LogP contribution in [0.4, 0.5) is 5.82 Å². The number of pyridine rings is 1. The summed E-state index contributed by atoms with van der Waals surface area (Å²) in [5, 5.41) is 9.59. The third-order valence-corrected chi connectivity index (χ3v) is 7.07. The van der Waals surface area contributed by atoms with E-state index in [-0.39, 0.29) is 0 Å². The van der Waals surface area contributed by atoms with Gasteiger partial charge in [-0.1, -0.05) is 30.4 Å². The third kappa shape index (κ3) is 5.42. The Bertz CT molecular complexity index is 1410. The molecule has 0 saturated carbocycles. The summed E-state index contributed by atoms with van der Waals surface area (Å²) in [5.41, 5.74) is 4.19. The normalized spacial score (nSPS) is 14.8. The molecule has 2 aromatic heterocycles. The van der Waals surface area contributed by atoms with Crippen molar-refractivity contribution in [1.82, 2.24) is 9.97 Å². The number of anilines is 1. The van der Waals surface area contributed by atoms with Crippen molar-refractivity contribution in [2.45, 2.75) is 46.5 Å². The Hall–Kier alpha value is -4.13. The van der Waals surface area contributed by atoms with Crippen LogP contribution in [-0.4, -0.2) is 34.2 Å².